The summed E-state index contributed by atoms with van der Waals surface area (Å²) in [5.41, 5.74) is 10.2. The first-order valence-electron chi connectivity index (χ1n) is 9.52. The van der Waals surface area contributed by atoms with Gasteiger partial charge >= 0.3 is 0 Å². The van der Waals surface area contributed by atoms with Crippen LogP contribution in [0.1, 0.15) is 22.3 Å². The number of rotatable bonds is 6. The van der Waals surface area contributed by atoms with Crippen molar-refractivity contribution in [2.24, 2.45) is 0 Å². The molecule has 1 heterocycles. The molecule has 0 saturated heterocycles. The topological polar surface area (TPSA) is 115 Å². The largest absolute Gasteiger partial charge is 0.382 e. The van der Waals surface area contributed by atoms with E-state index in [0.29, 0.717) is 5.56 Å². The highest BCUT2D eigenvalue weighted by Crippen LogP contribution is 2.28. The molecule has 0 fully saturated rings. The van der Waals surface area contributed by atoms with Crippen LogP contribution in [0.5, 0.6) is 0 Å². The third-order valence-corrected chi connectivity index (χ3v) is 7.46. The third kappa shape index (κ3) is 5.23. The van der Waals surface area contributed by atoms with E-state index in [2.05, 4.69) is 15.3 Å². The number of aromatic nitrogens is 2. The van der Waals surface area contributed by atoms with Crippen LogP contribution in [-0.2, 0) is 14.6 Å². The minimum absolute atomic E-state index is 0.0654. The highest BCUT2D eigenvalue weighted by atomic mass is 32.2. The Hall–Kier alpha value is -2.91. The molecule has 0 spiro atoms. The van der Waals surface area contributed by atoms with Crippen molar-refractivity contribution in [2.45, 2.75) is 42.6 Å². The summed E-state index contributed by atoms with van der Waals surface area (Å²) in [7, 11) is -3.86. The average molecular weight is 457 g/mol. The highest BCUT2D eigenvalue weighted by Gasteiger charge is 2.24. The van der Waals surface area contributed by atoms with E-state index in [1.54, 1.807) is 19.1 Å². The number of anilines is 2. The van der Waals surface area contributed by atoms with E-state index in [1.165, 1.54) is 6.20 Å². The molecule has 0 unspecified atom stereocenters. The van der Waals surface area contributed by atoms with Crippen molar-refractivity contribution in [3.8, 4) is 0 Å². The first-order valence-corrected chi connectivity index (χ1v) is 12.0. The normalized spacial score (nSPS) is 11.4. The molecule has 0 saturated carbocycles. The van der Waals surface area contributed by atoms with Gasteiger partial charge in [0.15, 0.2) is 5.16 Å². The van der Waals surface area contributed by atoms with E-state index >= 15 is 0 Å². The number of benzene rings is 2. The SMILES string of the molecule is Cc1ccc(C)c(NC(=O)CSc2ncc(S(=O)(=O)c3cc(C)ccc3C)c(N)n2)c1. The minimum Gasteiger partial charge on any atom is -0.382 e. The number of nitrogens with zero attached hydrogens (tertiary/aromatic N) is 2. The van der Waals surface area contributed by atoms with Gasteiger partial charge in [-0.05, 0) is 62.1 Å². The number of sulfone groups is 1. The fourth-order valence-corrected chi connectivity index (χ4v) is 5.15. The summed E-state index contributed by atoms with van der Waals surface area (Å²) in [6, 6.07) is 11.0. The zero-order valence-corrected chi connectivity index (χ0v) is 19.4. The molecule has 0 aliphatic rings. The standard InChI is InChI=1S/C22H24N4O3S2/c1-13-5-7-15(3)17(9-13)25-20(27)12-30-22-24-11-19(21(23)26-22)31(28,29)18-10-14(2)6-8-16(18)4/h5-11H,12H2,1-4H3,(H,25,27)(H2,23,24,26). The van der Waals surface area contributed by atoms with Crippen molar-refractivity contribution in [2.75, 3.05) is 16.8 Å². The Balaban J connectivity index is 1.74. The molecule has 3 N–H and O–H groups in total. The average Bonchev–Trinajstić information content (AvgIpc) is 2.70. The Bertz CT molecular complexity index is 1260. The Labute approximate surface area is 186 Å². The molecule has 3 aromatic rings. The monoisotopic (exact) mass is 456 g/mol. The molecule has 0 aliphatic carbocycles. The third-order valence-electron chi connectivity index (χ3n) is 4.68. The van der Waals surface area contributed by atoms with Gasteiger partial charge in [0.2, 0.25) is 15.7 Å². The molecule has 0 radical (unpaired) electrons. The second-order valence-corrected chi connectivity index (χ2v) is 10.2. The van der Waals surface area contributed by atoms with Crippen molar-refractivity contribution in [3.63, 3.8) is 0 Å². The summed E-state index contributed by atoms with van der Waals surface area (Å²) >= 11 is 1.08. The zero-order chi connectivity index (χ0) is 22.8. The Morgan fingerprint density at radius 3 is 2.32 bits per heavy atom. The molecule has 2 aromatic carbocycles. The van der Waals surface area contributed by atoms with Gasteiger partial charge < -0.3 is 11.1 Å². The van der Waals surface area contributed by atoms with Crippen molar-refractivity contribution in [1.29, 1.82) is 0 Å². The second-order valence-electron chi connectivity index (χ2n) is 7.33. The molecule has 3 rings (SSSR count). The number of hydrogen-bond acceptors (Lipinski definition) is 7. The van der Waals surface area contributed by atoms with Crippen LogP contribution < -0.4 is 11.1 Å². The van der Waals surface area contributed by atoms with Gasteiger partial charge in [-0.1, -0.05) is 36.0 Å². The van der Waals surface area contributed by atoms with Crippen LogP contribution >= 0.6 is 11.8 Å². The number of carbonyl (C=O) groups excluding carboxylic acids is 1. The molecule has 0 aliphatic heterocycles. The number of carbonyl (C=O) groups is 1. The molecular weight excluding hydrogens is 432 g/mol. The van der Waals surface area contributed by atoms with Gasteiger partial charge in [0.05, 0.1) is 16.8 Å². The number of nitrogens with one attached hydrogen (secondary N) is 1. The fourth-order valence-electron chi connectivity index (χ4n) is 2.95. The molecular formula is C22H24N4O3S2. The molecule has 1 aromatic heterocycles. The van der Waals surface area contributed by atoms with Gasteiger partial charge in [0, 0.05) is 5.69 Å². The van der Waals surface area contributed by atoms with Crippen LogP contribution in [0.2, 0.25) is 0 Å². The fraction of sp³-hybridized carbons (Fsp3) is 0.227. The van der Waals surface area contributed by atoms with Gasteiger partial charge in [0.1, 0.15) is 10.7 Å². The highest BCUT2D eigenvalue weighted by molar-refractivity contribution is 7.99. The lowest BCUT2D eigenvalue weighted by Gasteiger charge is -2.11. The van der Waals surface area contributed by atoms with Crippen LogP contribution in [0.3, 0.4) is 0 Å². The van der Waals surface area contributed by atoms with Crippen molar-refractivity contribution >= 4 is 39.0 Å². The van der Waals surface area contributed by atoms with Gasteiger partial charge in [-0.2, -0.15) is 0 Å². The second kappa shape index (κ2) is 9.07. The Morgan fingerprint density at radius 1 is 1.00 bits per heavy atom. The maximum atomic E-state index is 13.0. The lowest BCUT2D eigenvalue weighted by molar-refractivity contribution is -0.113. The number of amides is 1. The van der Waals surface area contributed by atoms with Crippen molar-refractivity contribution in [3.05, 3.63) is 64.8 Å². The quantitative estimate of drug-likeness (QED) is 0.427. The number of nitrogen functional groups attached to an aromatic ring is 1. The maximum absolute atomic E-state index is 13.0. The molecule has 0 bridgehead atoms. The first-order chi connectivity index (χ1) is 14.6. The predicted octanol–water partition coefficient (Wildman–Crippen LogP) is 3.86. The summed E-state index contributed by atoms with van der Waals surface area (Å²) in [4.78, 5) is 20.5. The van der Waals surface area contributed by atoms with E-state index < -0.39 is 9.84 Å². The van der Waals surface area contributed by atoms with Crippen LogP contribution in [0, 0.1) is 27.7 Å². The van der Waals surface area contributed by atoms with Crippen LogP contribution in [0.25, 0.3) is 0 Å². The molecule has 0 atom stereocenters. The predicted molar refractivity (Wildman–Crippen MR) is 123 cm³/mol. The summed E-state index contributed by atoms with van der Waals surface area (Å²) < 4.78 is 26.1. The van der Waals surface area contributed by atoms with E-state index in [4.69, 9.17) is 5.73 Å². The minimum atomic E-state index is -3.86. The van der Waals surface area contributed by atoms with E-state index in [0.717, 1.165) is 34.1 Å². The van der Waals surface area contributed by atoms with Crippen LogP contribution in [0.4, 0.5) is 11.5 Å². The van der Waals surface area contributed by atoms with Gasteiger partial charge in [-0.3, -0.25) is 4.79 Å². The van der Waals surface area contributed by atoms with E-state index in [1.807, 2.05) is 45.0 Å². The number of nitrogens with two attached hydrogens (primary N) is 1. The number of thioether (sulfide) groups is 1. The molecule has 7 nitrogen and oxygen atoms in total. The molecule has 1 amide bonds. The molecule has 31 heavy (non-hydrogen) atoms. The lowest BCUT2D eigenvalue weighted by atomic mass is 10.1. The maximum Gasteiger partial charge on any atom is 0.234 e. The lowest BCUT2D eigenvalue weighted by Crippen LogP contribution is -2.15. The van der Waals surface area contributed by atoms with Crippen molar-refractivity contribution < 1.29 is 13.2 Å². The smallest absolute Gasteiger partial charge is 0.234 e. The van der Waals surface area contributed by atoms with Gasteiger partial charge in [-0.15, -0.1) is 0 Å². The number of hydrogen-bond donors (Lipinski definition) is 2. The van der Waals surface area contributed by atoms with Gasteiger partial charge in [0.25, 0.3) is 0 Å². The van der Waals surface area contributed by atoms with Gasteiger partial charge in [-0.25, -0.2) is 18.4 Å². The number of aryl methyl sites for hydroxylation is 4. The zero-order valence-electron chi connectivity index (χ0n) is 17.8. The summed E-state index contributed by atoms with van der Waals surface area (Å²) in [5.74, 6) is -0.295. The van der Waals surface area contributed by atoms with Crippen molar-refractivity contribution in [1.82, 2.24) is 9.97 Å². The summed E-state index contributed by atoms with van der Waals surface area (Å²) in [5, 5.41) is 3.09. The first kappa shape index (κ1) is 22.8. The summed E-state index contributed by atoms with van der Waals surface area (Å²) in [6.45, 7) is 7.42. The van der Waals surface area contributed by atoms with Crippen LogP contribution in [-0.4, -0.2) is 30.0 Å². The molecule has 9 heteroatoms. The molecule has 162 valence electrons. The summed E-state index contributed by atoms with van der Waals surface area (Å²) in [6.07, 6.45) is 1.20. The van der Waals surface area contributed by atoms with E-state index in [9.17, 15) is 13.2 Å². The Morgan fingerprint density at radius 2 is 1.65 bits per heavy atom. The Kier molecular flexibility index (Phi) is 6.66. The van der Waals surface area contributed by atoms with E-state index in [-0.39, 0.29) is 32.4 Å². The van der Waals surface area contributed by atoms with Crippen LogP contribution in [0.15, 0.2) is 57.5 Å².